The molecular weight excluding hydrogens is 382 g/mol. The molecule has 0 fully saturated rings. The Morgan fingerprint density at radius 1 is 0.828 bits per heavy atom. The van der Waals surface area contributed by atoms with E-state index in [2.05, 4.69) is 16.0 Å². The predicted octanol–water partition coefficient (Wildman–Crippen LogP) is -1.55. The molecule has 0 aromatic carbocycles. The summed E-state index contributed by atoms with van der Waals surface area (Å²) in [6.07, 6.45) is -0.236. The van der Waals surface area contributed by atoms with E-state index in [1.165, 1.54) is 6.92 Å². The molecule has 4 amide bonds. The Morgan fingerprint density at radius 3 is 1.79 bits per heavy atom. The molecule has 0 saturated carbocycles. The van der Waals surface area contributed by atoms with Crippen LogP contribution in [-0.4, -0.2) is 58.9 Å². The fourth-order valence-corrected chi connectivity index (χ4v) is 2.30. The van der Waals surface area contributed by atoms with Crippen LogP contribution in [0.2, 0.25) is 0 Å². The number of nitrogens with two attached hydrogens (primary N) is 2. The summed E-state index contributed by atoms with van der Waals surface area (Å²) in [6, 6.07) is -4.18. The number of nitrogens with one attached hydrogen (secondary N) is 3. The molecule has 0 aromatic rings. The molecule has 4 unspecified atom stereocenters. The smallest absolute Gasteiger partial charge is 0.326 e. The molecule has 0 aliphatic carbocycles. The maximum Gasteiger partial charge on any atom is 0.326 e. The molecule has 0 bridgehead atoms. The van der Waals surface area contributed by atoms with Gasteiger partial charge in [-0.25, -0.2) is 4.79 Å². The van der Waals surface area contributed by atoms with Crippen molar-refractivity contribution in [2.45, 2.75) is 71.6 Å². The van der Waals surface area contributed by atoms with Crippen LogP contribution in [0.3, 0.4) is 0 Å². The zero-order chi connectivity index (χ0) is 22.9. The summed E-state index contributed by atoms with van der Waals surface area (Å²) in [7, 11) is 0. The van der Waals surface area contributed by atoms with Gasteiger partial charge in [0.15, 0.2) is 0 Å². The van der Waals surface area contributed by atoms with Gasteiger partial charge >= 0.3 is 5.97 Å². The third kappa shape index (κ3) is 9.37. The molecule has 8 N–H and O–H groups in total. The molecule has 11 nitrogen and oxygen atoms in total. The van der Waals surface area contributed by atoms with Crippen molar-refractivity contribution in [3.63, 3.8) is 0 Å². The molecule has 166 valence electrons. The number of amides is 4. The third-order valence-corrected chi connectivity index (χ3v) is 4.32. The zero-order valence-electron chi connectivity index (χ0n) is 17.5. The van der Waals surface area contributed by atoms with Gasteiger partial charge in [0.25, 0.3) is 0 Å². The first kappa shape index (κ1) is 26.3. The zero-order valence-corrected chi connectivity index (χ0v) is 17.5. The predicted molar refractivity (Wildman–Crippen MR) is 105 cm³/mol. The second kappa shape index (κ2) is 12.0. The topological polar surface area (TPSA) is 194 Å². The van der Waals surface area contributed by atoms with Crippen molar-refractivity contribution in [1.29, 1.82) is 0 Å². The molecule has 0 radical (unpaired) electrons. The largest absolute Gasteiger partial charge is 0.480 e. The highest BCUT2D eigenvalue weighted by Gasteiger charge is 2.29. The molecule has 0 aromatic heterocycles. The van der Waals surface area contributed by atoms with E-state index in [4.69, 9.17) is 16.6 Å². The van der Waals surface area contributed by atoms with Crippen molar-refractivity contribution in [1.82, 2.24) is 16.0 Å². The van der Waals surface area contributed by atoms with E-state index in [0.29, 0.717) is 0 Å². The van der Waals surface area contributed by atoms with Crippen LogP contribution in [0.4, 0.5) is 0 Å². The number of primary amides is 1. The Bertz CT molecular complexity index is 622. The third-order valence-electron chi connectivity index (χ3n) is 4.32. The second-order valence-corrected chi connectivity index (χ2v) is 7.63. The van der Waals surface area contributed by atoms with Crippen molar-refractivity contribution in [2.75, 3.05) is 0 Å². The minimum absolute atomic E-state index is 0.0736. The lowest BCUT2D eigenvalue weighted by molar-refractivity contribution is -0.143. The summed E-state index contributed by atoms with van der Waals surface area (Å²) in [4.78, 5) is 59.2. The van der Waals surface area contributed by atoms with Gasteiger partial charge in [-0.05, 0) is 25.2 Å². The van der Waals surface area contributed by atoms with Crippen LogP contribution in [0.1, 0.15) is 47.5 Å². The van der Waals surface area contributed by atoms with Gasteiger partial charge in [0.05, 0.1) is 6.04 Å². The lowest BCUT2D eigenvalue weighted by Crippen LogP contribution is -2.57. The molecule has 0 spiro atoms. The van der Waals surface area contributed by atoms with E-state index in [-0.39, 0.29) is 24.7 Å². The molecule has 0 heterocycles. The number of hydrogen-bond acceptors (Lipinski definition) is 6. The summed E-state index contributed by atoms with van der Waals surface area (Å²) in [5.41, 5.74) is 10.9. The average Bonchev–Trinajstić information content (AvgIpc) is 2.60. The Morgan fingerprint density at radius 2 is 1.38 bits per heavy atom. The average molecular weight is 415 g/mol. The highest BCUT2D eigenvalue weighted by Crippen LogP contribution is 2.04. The summed E-state index contributed by atoms with van der Waals surface area (Å²) < 4.78 is 0. The van der Waals surface area contributed by atoms with Crippen LogP contribution in [0.15, 0.2) is 0 Å². The molecule has 11 heteroatoms. The van der Waals surface area contributed by atoms with Gasteiger partial charge in [0.1, 0.15) is 18.1 Å². The number of carboxylic acid groups (broad SMARTS) is 1. The van der Waals surface area contributed by atoms with Gasteiger partial charge in [-0.2, -0.15) is 0 Å². The normalized spacial score (nSPS) is 15.2. The Balaban J connectivity index is 5.13. The van der Waals surface area contributed by atoms with E-state index in [0.717, 1.165) is 0 Å². The second-order valence-electron chi connectivity index (χ2n) is 7.63. The highest BCUT2D eigenvalue weighted by atomic mass is 16.4. The number of carboxylic acids is 1. The molecule has 0 rings (SSSR count). The van der Waals surface area contributed by atoms with Gasteiger partial charge in [0, 0.05) is 6.42 Å². The van der Waals surface area contributed by atoms with Gasteiger partial charge < -0.3 is 32.5 Å². The molecule has 29 heavy (non-hydrogen) atoms. The Kier molecular flexibility index (Phi) is 10.9. The summed E-state index contributed by atoms with van der Waals surface area (Å²) in [5.74, 6) is -4.37. The van der Waals surface area contributed by atoms with E-state index in [1.54, 1.807) is 27.7 Å². The van der Waals surface area contributed by atoms with Crippen molar-refractivity contribution in [3.05, 3.63) is 0 Å². The summed E-state index contributed by atoms with van der Waals surface area (Å²) in [6.45, 7) is 8.12. The Labute approximate surface area is 170 Å². The van der Waals surface area contributed by atoms with E-state index < -0.39 is 53.8 Å². The quantitative estimate of drug-likeness (QED) is 0.222. The lowest BCUT2D eigenvalue weighted by Gasteiger charge is -2.24. The van der Waals surface area contributed by atoms with Crippen LogP contribution in [-0.2, 0) is 24.0 Å². The van der Waals surface area contributed by atoms with Crippen molar-refractivity contribution in [3.8, 4) is 0 Å². The number of rotatable bonds is 12. The van der Waals surface area contributed by atoms with Gasteiger partial charge in [0.2, 0.25) is 23.6 Å². The van der Waals surface area contributed by atoms with E-state index >= 15 is 0 Å². The highest BCUT2D eigenvalue weighted by molar-refractivity contribution is 5.94. The molecule has 0 saturated heterocycles. The maximum atomic E-state index is 12.5. The first-order chi connectivity index (χ1) is 13.3. The van der Waals surface area contributed by atoms with Gasteiger partial charge in [-0.15, -0.1) is 0 Å². The standard InChI is InChI=1S/C18H33N5O6/c1-8(2)13(20)17(27)22-11(6-7-12(19)24)16(26)21-10(5)15(25)23-14(9(3)4)18(28)29/h8-11,13-14H,6-7,20H2,1-5H3,(H2,19,24)(H,21,26)(H,22,27)(H,23,25)(H,28,29). The van der Waals surface area contributed by atoms with E-state index in [9.17, 15) is 24.0 Å². The molecule has 0 aliphatic rings. The van der Waals surface area contributed by atoms with Gasteiger partial charge in [-0.3, -0.25) is 19.2 Å². The SMILES string of the molecule is CC(NC(=O)C(CCC(N)=O)NC(=O)C(N)C(C)C)C(=O)NC(C(=O)O)C(C)C. The summed E-state index contributed by atoms with van der Waals surface area (Å²) >= 11 is 0. The van der Waals surface area contributed by atoms with Crippen LogP contribution < -0.4 is 27.4 Å². The van der Waals surface area contributed by atoms with Crippen molar-refractivity contribution < 1.29 is 29.1 Å². The molecule has 4 atom stereocenters. The van der Waals surface area contributed by atoms with Crippen LogP contribution in [0.25, 0.3) is 0 Å². The number of carbonyl (C=O) groups excluding carboxylic acids is 4. The Hall–Kier alpha value is -2.69. The monoisotopic (exact) mass is 415 g/mol. The minimum atomic E-state index is -1.19. The van der Waals surface area contributed by atoms with Crippen LogP contribution >= 0.6 is 0 Å². The first-order valence-electron chi connectivity index (χ1n) is 9.45. The summed E-state index contributed by atoms with van der Waals surface area (Å²) in [5, 5.41) is 16.4. The number of hydrogen-bond donors (Lipinski definition) is 6. The fourth-order valence-electron chi connectivity index (χ4n) is 2.30. The fraction of sp³-hybridized carbons (Fsp3) is 0.722. The van der Waals surface area contributed by atoms with Crippen molar-refractivity contribution >= 4 is 29.6 Å². The molecular formula is C18H33N5O6. The van der Waals surface area contributed by atoms with Crippen LogP contribution in [0, 0.1) is 11.8 Å². The van der Waals surface area contributed by atoms with E-state index in [1.807, 2.05) is 0 Å². The maximum absolute atomic E-state index is 12.5. The van der Waals surface area contributed by atoms with Crippen LogP contribution in [0.5, 0.6) is 0 Å². The lowest BCUT2D eigenvalue weighted by atomic mass is 10.0. The number of aliphatic carboxylic acids is 1. The first-order valence-corrected chi connectivity index (χ1v) is 9.45. The number of carbonyl (C=O) groups is 5. The van der Waals surface area contributed by atoms with Gasteiger partial charge in [-0.1, -0.05) is 27.7 Å². The van der Waals surface area contributed by atoms with Crippen molar-refractivity contribution in [2.24, 2.45) is 23.3 Å². The minimum Gasteiger partial charge on any atom is -0.480 e. The molecule has 0 aliphatic heterocycles.